The van der Waals surface area contributed by atoms with E-state index in [4.69, 9.17) is 14.0 Å². The van der Waals surface area contributed by atoms with Gasteiger partial charge >= 0.3 is 12.8 Å². The Morgan fingerprint density at radius 1 is 1.07 bits per heavy atom. The Balaban J connectivity index is 1.78. The molecule has 3 rings (SSSR count). The first-order valence-corrected chi connectivity index (χ1v) is 8.92. The molecule has 0 N–H and O–H groups in total. The van der Waals surface area contributed by atoms with Crippen LogP contribution in [0.2, 0.25) is 0 Å². The van der Waals surface area contributed by atoms with Crippen molar-refractivity contribution in [1.82, 2.24) is 0 Å². The van der Waals surface area contributed by atoms with E-state index in [1.54, 1.807) is 19.1 Å². The fourth-order valence-electron chi connectivity index (χ4n) is 2.93. The van der Waals surface area contributed by atoms with Gasteiger partial charge in [-0.2, -0.15) is 0 Å². The highest BCUT2D eigenvalue weighted by Gasteiger charge is 2.51. The lowest BCUT2D eigenvalue weighted by molar-refractivity contribution is -0.386. The van der Waals surface area contributed by atoms with Crippen molar-refractivity contribution in [3.05, 3.63) is 63.7 Å². The second kappa shape index (κ2) is 6.98. The molecule has 0 aliphatic carbocycles. The second-order valence-electron chi connectivity index (χ2n) is 7.80. The normalized spacial score (nSPS) is 17.7. The highest BCUT2D eigenvalue weighted by Crippen LogP contribution is 2.36. The first-order chi connectivity index (χ1) is 12.6. The molecule has 27 heavy (non-hydrogen) atoms. The quantitative estimate of drug-likeness (QED) is 0.456. The molecule has 1 heterocycles. The van der Waals surface area contributed by atoms with Gasteiger partial charge in [-0.05, 0) is 51.2 Å². The number of hydrogen-bond donors (Lipinski definition) is 0. The largest absolute Gasteiger partial charge is 0.494 e. The molecule has 0 aromatic heterocycles. The fourth-order valence-corrected chi connectivity index (χ4v) is 2.93. The average Bonchev–Trinajstić information content (AvgIpc) is 2.81. The molecule has 1 aliphatic rings. The summed E-state index contributed by atoms with van der Waals surface area (Å²) in [5.74, 6) is 0.295. The van der Waals surface area contributed by atoms with E-state index >= 15 is 0 Å². The SMILES string of the molecule is Cc1cccc([N+](=O)[O-])c1OCc1cccc(B2OC(C)(C)C(C)(C)O2)c1. The maximum Gasteiger partial charge on any atom is 0.494 e. The summed E-state index contributed by atoms with van der Waals surface area (Å²) >= 11 is 0. The number of nitro groups is 1. The lowest BCUT2D eigenvalue weighted by Gasteiger charge is -2.32. The van der Waals surface area contributed by atoms with Crippen molar-refractivity contribution in [2.45, 2.75) is 52.4 Å². The summed E-state index contributed by atoms with van der Waals surface area (Å²) in [5, 5.41) is 11.2. The van der Waals surface area contributed by atoms with E-state index in [0.717, 1.165) is 16.6 Å². The molecule has 1 aliphatic heterocycles. The average molecular weight is 369 g/mol. The zero-order valence-electron chi connectivity index (χ0n) is 16.3. The van der Waals surface area contributed by atoms with Crippen LogP contribution in [0.25, 0.3) is 0 Å². The first-order valence-electron chi connectivity index (χ1n) is 8.92. The van der Waals surface area contributed by atoms with Gasteiger partial charge in [0.15, 0.2) is 5.75 Å². The summed E-state index contributed by atoms with van der Waals surface area (Å²) in [6.45, 7) is 10.1. The summed E-state index contributed by atoms with van der Waals surface area (Å²) in [5.41, 5.74) is 1.66. The van der Waals surface area contributed by atoms with Gasteiger partial charge in [0.25, 0.3) is 0 Å². The molecular formula is C20H24BNO5. The molecule has 1 fully saturated rings. The minimum Gasteiger partial charge on any atom is -0.482 e. The summed E-state index contributed by atoms with van der Waals surface area (Å²) in [6, 6.07) is 12.6. The Labute approximate surface area is 159 Å². The van der Waals surface area contributed by atoms with Gasteiger partial charge in [0.2, 0.25) is 0 Å². The number of benzene rings is 2. The molecular weight excluding hydrogens is 345 g/mol. The molecule has 0 amide bonds. The number of hydrogen-bond acceptors (Lipinski definition) is 5. The van der Waals surface area contributed by atoms with E-state index in [-0.39, 0.29) is 12.3 Å². The van der Waals surface area contributed by atoms with Gasteiger partial charge in [-0.15, -0.1) is 0 Å². The van der Waals surface area contributed by atoms with Crippen molar-refractivity contribution in [2.75, 3.05) is 0 Å². The number of nitrogens with zero attached hydrogens (tertiary/aromatic N) is 1. The van der Waals surface area contributed by atoms with Gasteiger partial charge < -0.3 is 14.0 Å². The van der Waals surface area contributed by atoms with Crippen LogP contribution in [0.4, 0.5) is 5.69 Å². The van der Waals surface area contributed by atoms with Gasteiger partial charge in [-0.25, -0.2) is 0 Å². The Morgan fingerprint density at radius 2 is 1.70 bits per heavy atom. The molecule has 7 heteroatoms. The number of para-hydroxylation sites is 1. The minimum atomic E-state index is -0.456. The van der Waals surface area contributed by atoms with Crippen LogP contribution in [0.5, 0.6) is 5.75 Å². The third-order valence-corrected chi connectivity index (χ3v) is 5.25. The monoisotopic (exact) mass is 369 g/mol. The molecule has 142 valence electrons. The number of nitro benzene ring substituents is 1. The molecule has 6 nitrogen and oxygen atoms in total. The molecule has 0 unspecified atom stereocenters. The van der Waals surface area contributed by atoms with Crippen LogP contribution in [-0.4, -0.2) is 23.2 Å². The Hall–Kier alpha value is -2.38. The molecule has 0 radical (unpaired) electrons. The van der Waals surface area contributed by atoms with E-state index in [1.807, 2.05) is 52.0 Å². The molecule has 1 saturated heterocycles. The van der Waals surface area contributed by atoms with Crippen LogP contribution in [0.15, 0.2) is 42.5 Å². The summed E-state index contributed by atoms with van der Waals surface area (Å²) < 4.78 is 18.0. The van der Waals surface area contributed by atoms with Crippen molar-refractivity contribution in [2.24, 2.45) is 0 Å². The van der Waals surface area contributed by atoms with Crippen LogP contribution in [-0.2, 0) is 15.9 Å². The van der Waals surface area contributed by atoms with Gasteiger partial charge in [-0.1, -0.05) is 36.4 Å². The van der Waals surface area contributed by atoms with Crippen molar-refractivity contribution in [3.8, 4) is 5.75 Å². The zero-order valence-corrected chi connectivity index (χ0v) is 16.3. The Morgan fingerprint density at radius 3 is 2.33 bits per heavy atom. The Bertz CT molecular complexity index is 849. The molecule has 2 aromatic carbocycles. The Kier molecular flexibility index (Phi) is 5.01. The first kappa shape index (κ1) is 19.4. The van der Waals surface area contributed by atoms with Gasteiger partial charge in [0.05, 0.1) is 16.1 Å². The third-order valence-electron chi connectivity index (χ3n) is 5.25. The van der Waals surface area contributed by atoms with Crippen LogP contribution >= 0.6 is 0 Å². The smallest absolute Gasteiger partial charge is 0.482 e. The van der Waals surface area contributed by atoms with Gasteiger partial charge in [0, 0.05) is 6.07 Å². The number of aryl methyl sites for hydroxylation is 1. The zero-order chi connectivity index (χ0) is 19.8. The highest BCUT2D eigenvalue weighted by atomic mass is 16.7. The minimum absolute atomic E-state index is 0.0305. The molecule has 0 saturated carbocycles. The number of ether oxygens (including phenoxy) is 1. The second-order valence-corrected chi connectivity index (χ2v) is 7.80. The lowest BCUT2D eigenvalue weighted by Crippen LogP contribution is -2.41. The third kappa shape index (κ3) is 3.84. The van der Waals surface area contributed by atoms with Crippen molar-refractivity contribution in [1.29, 1.82) is 0 Å². The van der Waals surface area contributed by atoms with Crippen LogP contribution in [0.3, 0.4) is 0 Å². The van der Waals surface area contributed by atoms with E-state index in [0.29, 0.717) is 5.75 Å². The molecule has 0 bridgehead atoms. The predicted molar refractivity (Wildman–Crippen MR) is 104 cm³/mol. The topological polar surface area (TPSA) is 70.8 Å². The van der Waals surface area contributed by atoms with E-state index in [9.17, 15) is 10.1 Å². The summed E-state index contributed by atoms with van der Waals surface area (Å²) in [6.07, 6.45) is 0. The van der Waals surface area contributed by atoms with E-state index < -0.39 is 23.2 Å². The number of rotatable bonds is 5. The fraction of sp³-hybridized carbons (Fsp3) is 0.400. The molecule has 0 spiro atoms. The molecule has 2 aromatic rings. The maximum absolute atomic E-state index is 11.2. The maximum atomic E-state index is 11.2. The van der Waals surface area contributed by atoms with Crippen molar-refractivity contribution >= 4 is 18.3 Å². The van der Waals surface area contributed by atoms with Crippen molar-refractivity contribution in [3.63, 3.8) is 0 Å². The van der Waals surface area contributed by atoms with E-state index in [1.165, 1.54) is 6.07 Å². The van der Waals surface area contributed by atoms with Crippen LogP contribution in [0.1, 0.15) is 38.8 Å². The highest BCUT2D eigenvalue weighted by molar-refractivity contribution is 6.62. The van der Waals surface area contributed by atoms with E-state index in [2.05, 4.69) is 0 Å². The van der Waals surface area contributed by atoms with Crippen LogP contribution < -0.4 is 10.2 Å². The van der Waals surface area contributed by atoms with Crippen molar-refractivity contribution < 1.29 is 19.0 Å². The van der Waals surface area contributed by atoms with Crippen LogP contribution in [0, 0.1) is 17.0 Å². The summed E-state index contributed by atoms with van der Waals surface area (Å²) in [7, 11) is -0.456. The molecule has 0 atom stereocenters. The van der Waals surface area contributed by atoms with Gasteiger partial charge in [0.1, 0.15) is 6.61 Å². The van der Waals surface area contributed by atoms with Gasteiger partial charge in [-0.3, -0.25) is 10.1 Å². The standard InChI is InChI=1S/C20H24BNO5/c1-14-8-6-11-17(22(23)24)18(14)25-13-15-9-7-10-16(12-15)21-26-19(2,3)20(4,5)27-21/h6-12H,13H2,1-5H3. The lowest BCUT2D eigenvalue weighted by atomic mass is 9.78. The summed E-state index contributed by atoms with van der Waals surface area (Å²) in [4.78, 5) is 10.8. The predicted octanol–water partition coefficient (Wildman–Crippen LogP) is 3.78.